The largest absolute Gasteiger partial charge is 0.373 e. The molecule has 0 aliphatic carbocycles. The molecule has 3 rings (SSSR count). The van der Waals surface area contributed by atoms with E-state index in [4.69, 9.17) is 4.74 Å². The minimum Gasteiger partial charge on any atom is -0.373 e. The first kappa shape index (κ1) is 15.5. The lowest BCUT2D eigenvalue weighted by atomic mass is 9.95. The average molecular weight is 312 g/mol. The Morgan fingerprint density at radius 1 is 1.35 bits per heavy atom. The topological polar surface area (TPSA) is 71.2 Å². The second-order valence-electron chi connectivity index (χ2n) is 5.85. The molecule has 0 saturated carbocycles. The number of pyridine rings is 1. The highest BCUT2D eigenvalue weighted by Crippen LogP contribution is 2.33. The molecule has 0 unspecified atom stereocenters. The number of nitrogens with one attached hydrogen (secondary N) is 2. The number of H-pyrrole nitrogens is 1. The van der Waals surface area contributed by atoms with Gasteiger partial charge in [0.1, 0.15) is 5.56 Å². The molecule has 2 N–H and O–H groups in total. The number of rotatable bonds is 4. The van der Waals surface area contributed by atoms with Crippen molar-refractivity contribution in [1.82, 2.24) is 10.3 Å². The molecule has 1 amide bonds. The maximum Gasteiger partial charge on any atom is 0.256 e. The molecule has 1 aromatic carbocycles. The zero-order valence-electron chi connectivity index (χ0n) is 13.0. The Bertz CT molecular complexity index is 739. The van der Waals surface area contributed by atoms with Crippen molar-refractivity contribution >= 4 is 5.91 Å². The van der Waals surface area contributed by atoms with Gasteiger partial charge in [-0.25, -0.2) is 0 Å². The first-order valence-corrected chi connectivity index (χ1v) is 7.79. The predicted octanol–water partition coefficient (Wildman–Crippen LogP) is 2.19. The van der Waals surface area contributed by atoms with Gasteiger partial charge in [0.15, 0.2) is 5.43 Å². The number of carbonyl (C=O) groups excluding carboxylic acids is 1. The Balaban J connectivity index is 1.65. The number of aryl methyl sites for hydroxylation is 1. The molecule has 2 aromatic rings. The molecule has 2 heterocycles. The van der Waals surface area contributed by atoms with Crippen LogP contribution in [0.25, 0.3) is 0 Å². The number of ether oxygens (including phenoxy) is 1. The fraction of sp³-hybridized carbons (Fsp3) is 0.333. The second-order valence-corrected chi connectivity index (χ2v) is 5.85. The molecule has 2 atom stereocenters. The van der Waals surface area contributed by atoms with Gasteiger partial charge in [-0.15, -0.1) is 0 Å². The molecular weight excluding hydrogens is 292 g/mol. The van der Waals surface area contributed by atoms with E-state index in [2.05, 4.69) is 10.3 Å². The number of hydrogen-bond donors (Lipinski definition) is 2. The monoisotopic (exact) mass is 312 g/mol. The Hall–Kier alpha value is -2.40. The Morgan fingerprint density at radius 2 is 2.13 bits per heavy atom. The van der Waals surface area contributed by atoms with E-state index in [0.29, 0.717) is 13.2 Å². The van der Waals surface area contributed by atoms with Gasteiger partial charge in [0.2, 0.25) is 0 Å². The van der Waals surface area contributed by atoms with Crippen molar-refractivity contribution in [3.63, 3.8) is 0 Å². The van der Waals surface area contributed by atoms with Gasteiger partial charge in [-0.05, 0) is 18.9 Å². The van der Waals surface area contributed by atoms with Crippen LogP contribution in [0, 0.1) is 12.8 Å². The maximum atomic E-state index is 12.2. The van der Waals surface area contributed by atoms with Crippen molar-refractivity contribution in [2.45, 2.75) is 19.4 Å². The maximum absolute atomic E-state index is 12.2. The van der Waals surface area contributed by atoms with Crippen LogP contribution in [0.5, 0.6) is 0 Å². The molecule has 5 heteroatoms. The predicted molar refractivity (Wildman–Crippen MR) is 87.4 cm³/mol. The molecule has 0 radical (unpaired) electrons. The van der Waals surface area contributed by atoms with E-state index in [1.807, 2.05) is 30.3 Å². The summed E-state index contributed by atoms with van der Waals surface area (Å²) in [5.41, 5.74) is 1.74. The van der Waals surface area contributed by atoms with Gasteiger partial charge in [-0.3, -0.25) is 9.59 Å². The molecule has 23 heavy (non-hydrogen) atoms. The minimum absolute atomic E-state index is 0.00666. The summed E-state index contributed by atoms with van der Waals surface area (Å²) in [6, 6.07) is 11.4. The summed E-state index contributed by atoms with van der Waals surface area (Å²) in [7, 11) is 0. The molecule has 0 bridgehead atoms. The van der Waals surface area contributed by atoms with Crippen molar-refractivity contribution in [3.05, 3.63) is 69.6 Å². The van der Waals surface area contributed by atoms with Crippen LogP contribution in [0.1, 0.15) is 34.1 Å². The lowest BCUT2D eigenvalue weighted by molar-refractivity contribution is 0.0845. The van der Waals surface area contributed by atoms with E-state index in [1.54, 1.807) is 6.92 Å². The Labute approximate surface area is 134 Å². The number of benzene rings is 1. The van der Waals surface area contributed by atoms with Crippen molar-refractivity contribution < 1.29 is 9.53 Å². The summed E-state index contributed by atoms with van der Waals surface area (Å²) in [4.78, 5) is 27.0. The van der Waals surface area contributed by atoms with Crippen LogP contribution in [0.2, 0.25) is 0 Å². The fourth-order valence-electron chi connectivity index (χ4n) is 2.92. The van der Waals surface area contributed by atoms with Gasteiger partial charge in [-0.2, -0.15) is 0 Å². The Morgan fingerprint density at radius 3 is 2.87 bits per heavy atom. The summed E-state index contributed by atoms with van der Waals surface area (Å²) in [6.07, 6.45) is 2.35. The van der Waals surface area contributed by atoms with E-state index in [0.717, 1.165) is 17.7 Å². The molecule has 1 fully saturated rings. The van der Waals surface area contributed by atoms with E-state index >= 15 is 0 Å². The third kappa shape index (κ3) is 3.51. The summed E-state index contributed by atoms with van der Waals surface area (Å²) >= 11 is 0. The van der Waals surface area contributed by atoms with Crippen LogP contribution >= 0.6 is 0 Å². The van der Waals surface area contributed by atoms with Crippen LogP contribution < -0.4 is 10.7 Å². The van der Waals surface area contributed by atoms with E-state index in [9.17, 15) is 9.59 Å². The first-order valence-electron chi connectivity index (χ1n) is 7.79. The van der Waals surface area contributed by atoms with Gasteiger partial charge in [0, 0.05) is 37.0 Å². The highest BCUT2D eigenvalue weighted by atomic mass is 16.5. The molecule has 1 aliphatic rings. The number of amides is 1. The summed E-state index contributed by atoms with van der Waals surface area (Å²) in [5.74, 6) is -0.129. The van der Waals surface area contributed by atoms with Crippen LogP contribution in [0.3, 0.4) is 0 Å². The third-order valence-corrected chi connectivity index (χ3v) is 4.17. The van der Waals surface area contributed by atoms with Crippen molar-refractivity contribution in [1.29, 1.82) is 0 Å². The smallest absolute Gasteiger partial charge is 0.256 e. The summed E-state index contributed by atoms with van der Waals surface area (Å²) in [5, 5.41) is 2.86. The molecule has 0 spiro atoms. The van der Waals surface area contributed by atoms with Crippen LogP contribution in [0.4, 0.5) is 0 Å². The highest BCUT2D eigenvalue weighted by Gasteiger charge is 2.29. The van der Waals surface area contributed by atoms with Gasteiger partial charge in [0.05, 0.1) is 6.10 Å². The van der Waals surface area contributed by atoms with Crippen LogP contribution in [0.15, 0.2) is 47.4 Å². The zero-order chi connectivity index (χ0) is 16.2. The first-order chi connectivity index (χ1) is 11.1. The third-order valence-electron chi connectivity index (χ3n) is 4.17. The van der Waals surface area contributed by atoms with Gasteiger partial charge in [0.25, 0.3) is 5.91 Å². The van der Waals surface area contributed by atoms with Crippen LogP contribution in [-0.2, 0) is 4.74 Å². The standard InChI is InChI=1S/C18H20N2O3/c1-12-9-16(21)15(11-19-12)18(22)20-10-14-7-8-23-17(14)13-5-3-2-4-6-13/h2-6,9,11,14,17H,7-8,10H2,1H3,(H,19,21)(H,20,22)/t14-,17-/m1/s1. The molecular formula is C18H20N2O3. The van der Waals surface area contributed by atoms with E-state index in [1.165, 1.54) is 12.3 Å². The lowest BCUT2D eigenvalue weighted by Crippen LogP contribution is -2.33. The second kappa shape index (κ2) is 6.79. The number of hydrogen-bond acceptors (Lipinski definition) is 3. The normalized spacial score (nSPS) is 20.4. The molecule has 5 nitrogen and oxygen atoms in total. The van der Waals surface area contributed by atoms with E-state index < -0.39 is 0 Å². The van der Waals surface area contributed by atoms with E-state index in [-0.39, 0.29) is 28.9 Å². The van der Waals surface area contributed by atoms with Gasteiger partial charge >= 0.3 is 0 Å². The molecule has 1 aromatic heterocycles. The van der Waals surface area contributed by atoms with Crippen molar-refractivity contribution in [3.8, 4) is 0 Å². The van der Waals surface area contributed by atoms with Crippen LogP contribution in [-0.4, -0.2) is 24.0 Å². The lowest BCUT2D eigenvalue weighted by Gasteiger charge is -2.19. The highest BCUT2D eigenvalue weighted by molar-refractivity contribution is 5.93. The Kier molecular flexibility index (Phi) is 4.57. The minimum atomic E-state index is -0.343. The SMILES string of the molecule is Cc1cc(=O)c(C(=O)NC[C@H]2CCO[C@@H]2c2ccccc2)c[nH]1. The summed E-state index contributed by atoms with van der Waals surface area (Å²) in [6.45, 7) is 2.96. The van der Waals surface area contributed by atoms with Crippen molar-refractivity contribution in [2.75, 3.05) is 13.2 Å². The van der Waals surface area contributed by atoms with Gasteiger partial charge in [-0.1, -0.05) is 30.3 Å². The zero-order valence-corrected chi connectivity index (χ0v) is 13.0. The number of aromatic nitrogens is 1. The molecule has 1 saturated heterocycles. The summed E-state index contributed by atoms with van der Waals surface area (Å²) < 4.78 is 5.81. The average Bonchev–Trinajstić information content (AvgIpc) is 3.02. The quantitative estimate of drug-likeness (QED) is 0.909. The van der Waals surface area contributed by atoms with Gasteiger partial charge < -0.3 is 15.0 Å². The number of aromatic amines is 1. The van der Waals surface area contributed by atoms with Crippen molar-refractivity contribution in [2.24, 2.45) is 5.92 Å². The molecule has 1 aliphatic heterocycles. The fourth-order valence-corrected chi connectivity index (χ4v) is 2.92. The number of carbonyl (C=O) groups is 1. The molecule has 120 valence electrons.